The lowest BCUT2D eigenvalue weighted by atomic mass is 10.3. The van der Waals surface area contributed by atoms with E-state index in [0.717, 1.165) is 0 Å². The highest BCUT2D eigenvalue weighted by Crippen LogP contribution is 2.25. The fourth-order valence-corrected chi connectivity index (χ4v) is 3.64. The molecule has 0 saturated heterocycles. The fraction of sp³-hybridized carbons (Fsp3) is 0.286. The number of hydrogen-bond acceptors (Lipinski definition) is 6. The number of amides is 1. The number of carbonyl (C=O) groups is 1. The Morgan fingerprint density at radius 3 is 2.60 bits per heavy atom. The van der Waals surface area contributed by atoms with Gasteiger partial charge >= 0.3 is 0 Å². The largest absolute Gasteiger partial charge is 0.492 e. The predicted octanol–water partition coefficient (Wildman–Crippen LogP) is 4.66. The molecule has 3 aromatic rings. The van der Waals surface area contributed by atoms with Crippen LogP contribution in [0.1, 0.15) is 19.7 Å². The van der Waals surface area contributed by atoms with Crippen LogP contribution in [-0.4, -0.2) is 33.0 Å². The second kappa shape index (κ2) is 10.9. The summed E-state index contributed by atoms with van der Waals surface area (Å²) in [7, 11) is 0. The van der Waals surface area contributed by atoms with Gasteiger partial charge in [0.2, 0.25) is 5.91 Å². The summed E-state index contributed by atoms with van der Waals surface area (Å²) in [4.78, 5) is 12.4. The third kappa shape index (κ3) is 5.90. The Balaban J connectivity index is 1.57. The third-order valence-electron chi connectivity index (χ3n) is 4.08. The standard InChI is InChI=1S/C21H23ClN4O3S/c1-3-26-19(13-29-16-11-9-15(22)10-12-16)24-25-21(26)30-14-20(27)23-17-7-5-6-8-18(17)28-4-2/h5-12H,3-4,13-14H2,1-2H3,(H,23,27). The first kappa shape index (κ1) is 22.0. The summed E-state index contributed by atoms with van der Waals surface area (Å²) in [5, 5.41) is 12.6. The van der Waals surface area contributed by atoms with Crippen LogP contribution in [0, 0.1) is 0 Å². The van der Waals surface area contributed by atoms with E-state index >= 15 is 0 Å². The topological polar surface area (TPSA) is 78.3 Å². The lowest BCUT2D eigenvalue weighted by molar-refractivity contribution is -0.113. The first-order valence-electron chi connectivity index (χ1n) is 9.55. The third-order valence-corrected chi connectivity index (χ3v) is 5.30. The van der Waals surface area contributed by atoms with Crippen LogP contribution in [0.15, 0.2) is 53.7 Å². The first-order valence-corrected chi connectivity index (χ1v) is 10.9. The highest BCUT2D eigenvalue weighted by Gasteiger charge is 2.14. The molecule has 30 heavy (non-hydrogen) atoms. The molecule has 0 aliphatic carbocycles. The lowest BCUT2D eigenvalue weighted by Gasteiger charge is -2.11. The van der Waals surface area contributed by atoms with Crippen molar-refractivity contribution in [3.8, 4) is 11.5 Å². The van der Waals surface area contributed by atoms with Crippen molar-refractivity contribution in [2.45, 2.75) is 32.2 Å². The van der Waals surface area contributed by atoms with Gasteiger partial charge in [-0.15, -0.1) is 10.2 Å². The van der Waals surface area contributed by atoms with Crippen molar-refractivity contribution >= 4 is 35.0 Å². The number of hydrogen-bond donors (Lipinski definition) is 1. The Hall–Kier alpha value is -2.71. The SMILES string of the molecule is CCOc1ccccc1NC(=O)CSc1nnc(COc2ccc(Cl)cc2)n1CC. The summed E-state index contributed by atoms with van der Waals surface area (Å²) >= 11 is 7.22. The first-order chi connectivity index (χ1) is 14.6. The molecule has 1 heterocycles. The minimum atomic E-state index is -0.142. The lowest BCUT2D eigenvalue weighted by Crippen LogP contribution is -2.15. The molecule has 0 spiro atoms. The number of thioether (sulfide) groups is 1. The Morgan fingerprint density at radius 2 is 1.87 bits per heavy atom. The van der Waals surface area contributed by atoms with Crippen molar-refractivity contribution in [2.24, 2.45) is 0 Å². The highest BCUT2D eigenvalue weighted by atomic mass is 35.5. The molecular weight excluding hydrogens is 424 g/mol. The molecule has 0 aliphatic rings. The van der Waals surface area contributed by atoms with Crippen molar-refractivity contribution in [1.29, 1.82) is 0 Å². The quantitative estimate of drug-likeness (QED) is 0.456. The monoisotopic (exact) mass is 446 g/mol. The van der Waals surface area contributed by atoms with Gasteiger partial charge in [-0.2, -0.15) is 0 Å². The number of nitrogens with one attached hydrogen (secondary N) is 1. The number of nitrogens with zero attached hydrogens (tertiary/aromatic N) is 3. The van der Waals surface area contributed by atoms with Crippen LogP contribution in [-0.2, 0) is 17.9 Å². The van der Waals surface area contributed by atoms with E-state index in [0.29, 0.717) is 46.3 Å². The molecule has 0 fully saturated rings. The van der Waals surface area contributed by atoms with Crippen LogP contribution in [0.3, 0.4) is 0 Å². The van der Waals surface area contributed by atoms with Gasteiger partial charge in [0.1, 0.15) is 18.1 Å². The molecule has 1 aromatic heterocycles. The van der Waals surface area contributed by atoms with Crippen molar-refractivity contribution in [1.82, 2.24) is 14.8 Å². The minimum Gasteiger partial charge on any atom is -0.492 e. The molecule has 0 unspecified atom stereocenters. The zero-order valence-electron chi connectivity index (χ0n) is 16.8. The van der Waals surface area contributed by atoms with E-state index in [2.05, 4.69) is 15.5 Å². The zero-order chi connectivity index (χ0) is 21.3. The van der Waals surface area contributed by atoms with Crippen molar-refractivity contribution < 1.29 is 14.3 Å². The van der Waals surface area contributed by atoms with Crippen LogP contribution >= 0.6 is 23.4 Å². The second-order valence-electron chi connectivity index (χ2n) is 6.15. The summed E-state index contributed by atoms with van der Waals surface area (Å²) in [6, 6.07) is 14.5. The van der Waals surface area contributed by atoms with Gasteiger partial charge < -0.3 is 19.4 Å². The number of anilines is 1. The number of carbonyl (C=O) groups excluding carboxylic acids is 1. The average Bonchev–Trinajstić information content (AvgIpc) is 3.15. The van der Waals surface area contributed by atoms with Gasteiger partial charge in [0.25, 0.3) is 0 Å². The number of para-hydroxylation sites is 2. The number of ether oxygens (including phenoxy) is 2. The van der Waals surface area contributed by atoms with Gasteiger partial charge in [0.05, 0.1) is 18.0 Å². The maximum atomic E-state index is 12.4. The van der Waals surface area contributed by atoms with E-state index in [9.17, 15) is 4.79 Å². The summed E-state index contributed by atoms with van der Waals surface area (Å²) in [5.41, 5.74) is 0.652. The molecule has 0 saturated carbocycles. The smallest absolute Gasteiger partial charge is 0.234 e. The fourth-order valence-electron chi connectivity index (χ4n) is 2.70. The Morgan fingerprint density at radius 1 is 1.10 bits per heavy atom. The Labute approximate surface area is 184 Å². The molecule has 0 aliphatic heterocycles. The van der Waals surface area contributed by atoms with Gasteiger partial charge in [-0.25, -0.2) is 0 Å². The van der Waals surface area contributed by atoms with E-state index in [1.54, 1.807) is 24.3 Å². The van der Waals surface area contributed by atoms with Crippen molar-refractivity contribution in [3.63, 3.8) is 0 Å². The van der Waals surface area contributed by atoms with E-state index < -0.39 is 0 Å². The zero-order valence-corrected chi connectivity index (χ0v) is 18.4. The van der Waals surface area contributed by atoms with Crippen LogP contribution < -0.4 is 14.8 Å². The van der Waals surface area contributed by atoms with Crippen LogP contribution in [0.25, 0.3) is 0 Å². The van der Waals surface area contributed by atoms with Crippen LogP contribution in [0.4, 0.5) is 5.69 Å². The Kier molecular flexibility index (Phi) is 7.98. The van der Waals surface area contributed by atoms with Gasteiger partial charge in [-0.05, 0) is 50.2 Å². The van der Waals surface area contributed by atoms with Crippen LogP contribution in [0.5, 0.6) is 11.5 Å². The summed E-state index contributed by atoms with van der Waals surface area (Å²) in [6.45, 7) is 5.38. The normalized spacial score (nSPS) is 10.6. The molecule has 0 atom stereocenters. The number of rotatable bonds is 10. The Bertz CT molecular complexity index is 979. The highest BCUT2D eigenvalue weighted by molar-refractivity contribution is 7.99. The van der Waals surface area contributed by atoms with Crippen molar-refractivity contribution in [3.05, 3.63) is 59.4 Å². The maximum Gasteiger partial charge on any atom is 0.234 e. The molecule has 0 radical (unpaired) electrons. The van der Waals surface area contributed by atoms with Gasteiger partial charge in [0, 0.05) is 11.6 Å². The predicted molar refractivity (Wildman–Crippen MR) is 118 cm³/mol. The summed E-state index contributed by atoms with van der Waals surface area (Å²) in [6.07, 6.45) is 0. The molecule has 1 amide bonds. The van der Waals surface area contributed by atoms with Gasteiger partial charge in [-0.3, -0.25) is 4.79 Å². The molecule has 2 aromatic carbocycles. The van der Waals surface area contributed by atoms with Crippen LogP contribution in [0.2, 0.25) is 5.02 Å². The van der Waals surface area contributed by atoms with Gasteiger partial charge in [0.15, 0.2) is 11.0 Å². The molecule has 158 valence electrons. The molecule has 7 nitrogen and oxygen atoms in total. The maximum absolute atomic E-state index is 12.4. The number of benzene rings is 2. The molecule has 0 bridgehead atoms. The molecule has 1 N–H and O–H groups in total. The molecular formula is C21H23ClN4O3S. The van der Waals surface area contributed by atoms with Crippen molar-refractivity contribution in [2.75, 3.05) is 17.7 Å². The summed E-state index contributed by atoms with van der Waals surface area (Å²) in [5.74, 6) is 2.11. The molecule has 3 rings (SSSR count). The van der Waals surface area contributed by atoms with E-state index in [1.807, 2.05) is 42.7 Å². The second-order valence-corrected chi connectivity index (χ2v) is 7.53. The number of aromatic nitrogens is 3. The van der Waals surface area contributed by atoms with E-state index in [-0.39, 0.29) is 18.3 Å². The molecule has 9 heteroatoms. The average molecular weight is 447 g/mol. The minimum absolute atomic E-state index is 0.142. The van der Waals surface area contributed by atoms with E-state index in [1.165, 1.54) is 11.8 Å². The van der Waals surface area contributed by atoms with E-state index in [4.69, 9.17) is 21.1 Å². The van der Waals surface area contributed by atoms with Gasteiger partial charge in [-0.1, -0.05) is 35.5 Å². The number of halogens is 1. The summed E-state index contributed by atoms with van der Waals surface area (Å²) < 4.78 is 13.2.